The number of halogens is 2. The van der Waals surface area contributed by atoms with E-state index in [1.165, 1.54) is 35.9 Å². The monoisotopic (exact) mass is 509 g/mol. The molecule has 0 saturated carbocycles. The number of aromatic nitrogens is 4. The van der Waals surface area contributed by atoms with Crippen molar-refractivity contribution in [2.24, 2.45) is 14.1 Å². The summed E-state index contributed by atoms with van der Waals surface area (Å²) in [5, 5.41) is 0. The topological polar surface area (TPSA) is 74.3 Å². The summed E-state index contributed by atoms with van der Waals surface area (Å²) >= 11 is 0. The first-order chi connectivity index (χ1) is 17.8. The predicted octanol–water partition coefficient (Wildman–Crippen LogP) is 2.98. The molecule has 194 valence electrons. The number of nitrogens with zero attached hydrogens (tertiary/aromatic N) is 5. The van der Waals surface area contributed by atoms with Gasteiger partial charge in [0.2, 0.25) is 0 Å². The fourth-order valence-electron chi connectivity index (χ4n) is 4.90. The fourth-order valence-corrected chi connectivity index (χ4v) is 4.90. The number of aryl methyl sites for hydroxylation is 1. The van der Waals surface area contributed by atoms with Crippen LogP contribution >= 0.6 is 0 Å². The number of imidazole rings is 1. The number of hydrogen-bond donors (Lipinski definition) is 0. The molecule has 0 N–H and O–H groups in total. The quantitative estimate of drug-likeness (QED) is 0.383. The van der Waals surface area contributed by atoms with Crippen molar-refractivity contribution < 1.29 is 13.5 Å². The third-order valence-corrected chi connectivity index (χ3v) is 7.08. The molecule has 10 heteroatoms. The van der Waals surface area contributed by atoms with Crippen molar-refractivity contribution >= 4 is 11.2 Å². The first-order valence-corrected chi connectivity index (χ1v) is 12.3. The second kappa shape index (κ2) is 10.4. The van der Waals surface area contributed by atoms with Crippen molar-refractivity contribution in [1.29, 1.82) is 0 Å². The highest BCUT2D eigenvalue weighted by molar-refractivity contribution is 5.69. The number of benzene rings is 2. The van der Waals surface area contributed by atoms with Crippen molar-refractivity contribution in [1.82, 2.24) is 23.6 Å². The molecule has 3 heterocycles. The van der Waals surface area contributed by atoms with Gasteiger partial charge >= 0.3 is 5.69 Å². The summed E-state index contributed by atoms with van der Waals surface area (Å²) in [7, 11) is 3.08. The van der Waals surface area contributed by atoms with Crippen LogP contribution in [0.3, 0.4) is 0 Å². The van der Waals surface area contributed by atoms with Gasteiger partial charge < -0.3 is 14.2 Å². The lowest BCUT2D eigenvalue weighted by molar-refractivity contribution is -0.0273. The Labute approximate surface area is 212 Å². The summed E-state index contributed by atoms with van der Waals surface area (Å²) < 4.78 is 37.8. The Morgan fingerprint density at radius 2 is 1.46 bits per heavy atom. The van der Waals surface area contributed by atoms with Gasteiger partial charge in [0, 0.05) is 40.3 Å². The number of rotatable bonds is 7. The zero-order valence-corrected chi connectivity index (χ0v) is 20.8. The summed E-state index contributed by atoms with van der Waals surface area (Å²) in [6, 6.07) is 12.4. The Hall–Kier alpha value is -3.63. The van der Waals surface area contributed by atoms with Crippen molar-refractivity contribution in [3.63, 3.8) is 0 Å². The molecule has 0 spiro atoms. The lowest BCUT2D eigenvalue weighted by Crippen LogP contribution is -2.40. The Morgan fingerprint density at radius 3 is 2.03 bits per heavy atom. The van der Waals surface area contributed by atoms with E-state index in [1.54, 1.807) is 42.2 Å². The third-order valence-electron chi connectivity index (χ3n) is 7.08. The van der Waals surface area contributed by atoms with E-state index in [2.05, 4.69) is 9.88 Å². The van der Waals surface area contributed by atoms with E-state index in [-0.39, 0.29) is 23.3 Å². The largest absolute Gasteiger partial charge is 0.365 e. The summed E-state index contributed by atoms with van der Waals surface area (Å²) in [6.45, 7) is 2.92. The number of piperidine rings is 1. The second-order valence-electron chi connectivity index (χ2n) is 9.48. The Morgan fingerprint density at radius 1 is 0.892 bits per heavy atom. The van der Waals surface area contributed by atoms with E-state index in [0.717, 1.165) is 48.2 Å². The average Bonchev–Trinajstić information content (AvgIpc) is 3.34. The Balaban J connectivity index is 1.24. The maximum atomic E-state index is 13.5. The summed E-state index contributed by atoms with van der Waals surface area (Å²) in [6.07, 6.45) is 2.79. The standard InChI is InChI=1S/C27H29F2N5O3/c1-31-25-23(26(35)32(2)27(31)36)34(17-30-25)16-15-33-13-11-22(12-14-33)37-24(18-3-7-20(28)8-4-18)19-5-9-21(29)10-6-19/h3-10,17,22,24H,11-16H2,1-2H3. The number of ether oxygens (including phenoxy) is 1. The van der Waals surface area contributed by atoms with Gasteiger partial charge in [-0.3, -0.25) is 13.9 Å². The first kappa shape index (κ1) is 25.0. The normalized spacial score (nSPS) is 15.2. The molecule has 1 fully saturated rings. The highest BCUT2D eigenvalue weighted by Crippen LogP contribution is 2.30. The lowest BCUT2D eigenvalue weighted by Gasteiger charge is -2.34. The van der Waals surface area contributed by atoms with Crippen LogP contribution in [0.4, 0.5) is 8.78 Å². The van der Waals surface area contributed by atoms with Gasteiger partial charge in [0.25, 0.3) is 5.56 Å². The number of hydrogen-bond acceptors (Lipinski definition) is 5. The SMILES string of the molecule is Cn1c(=O)c2c(ncn2CCN2CCC(OC(c3ccc(F)cc3)c3ccc(F)cc3)CC2)n(C)c1=O. The lowest BCUT2D eigenvalue weighted by atomic mass is 10.00. The van der Waals surface area contributed by atoms with E-state index >= 15 is 0 Å². The maximum absolute atomic E-state index is 13.5. The second-order valence-corrected chi connectivity index (χ2v) is 9.48. The molecule has 0 unspecified atom stereocenters. The van der Waals surface area contributed by atoms with Crippen molar-refractivity contribution in [3.05, 3.63) is 98.5 Å². The molecule has 0 aliphatic carbocycles. The fraction of sp³-hybridized carbons (Fsp3) is 0.370. The zero-order valence-electron chi connectivity index (χ0n) is 20.8. The van der Waals surface area contributed by atoms with Crippen LogP contribution in [0.15, 0.2) is 64.4 Å². The molecule has 37 heavy (non-hydrogen) atoms. The zero-order chi connectivity index (χ0) is 26.1. The Bertz CT molecular complexity index is 1460. The smallest absolute Gasteiger partial charge is 0.332 e. The average molecular weight is 510 g/mol. The molecule has 0 atom stereocenters. The van der Waals surface area contributed by atoms with Crippen molar-refractivity contribution in [3.8, 4) is 0 Å². The molecule has 0 bridgehead atoms. The molecule has 1 aliphatic rings. The van der Waals surface area contributed by atoms with Gasteiger partial charge in [0.1, 0.15) is 17.7 Å². The van der Waals surface area contributed by atoms with Crippen LogP contribution in [-0.4, -0.2) is 49.3 Å². The van der Waals surface area contributed by atoms with E-state index in [9.17, 15) is 18.4 Å². The van der Waals surface area contributed by atoms with Crippen LogP contribution in [0, 0.1) is 11.6 Å². The highest BCUT2D eigenvalue weighted by atomic mass is 19.1. The summed E-state index contributed by atoms with van der Waals surface area (Å²) in [5.41, 5.74) is 1.69. The number of likely N-dealkylation sites (tertiary alicyclic amines) is 1. The Kier molecular flexibility index (Phi) is 7.03. The molecule has 0 radical (unpaired) electrons. The van der Waals surface area contributed by atoms with Crippen LogP contribution < -0.4 is 11.2 Å². The van der Waals surface area contributed by atoms with Crippen LogP contribution in [-0.2, 0) is 25.4 Å². The van der Waals surface area contributed by atoms with Crippen LogP contribution in [0.5, 0.6) is 0 Å². The minimum absolute atomic E-state index is 0.00718. The molecule has 5 rings (SSSR count). The molecule has 1 saturated heterocycles. The molecular formula is C27H29F2N5O3. The van der Waals surface area contributed by atoms with Gasteiger partial charge in [-0.15, -0.1) is 0 Å². The molecule has 0 amide bonds. The van der Waals surface area contributed by atoms with Gasteiger partial charge in [-0.2, -0.15) is 0 Å². The minimum atomic E-state index is -0.419. The van der Waals surface area contributed by atoms with Crippen molar-refractivity contribution in [2.75, 3.05) is 19.6 Å². The van der Waals surface area contributed by atoms with Gasteiger partial charge in [0.15, 0.2) is 11.2 Å². The van der Waals surface area contributed by atoms with Crippen LogP contribution in [0.1, 0.15) is 30.1 Å². The van der Waals surface area contributed by atoms with Crippen molar-refractivity contribution in [2.45, 2.75) is 31.6 Å². The molecule has 8 nitrogen and oxygen atoms in total. The van der Waals surface area contributed by atoms with Gasteiger partial charge in [-0.1, -0.05) is 24.3 Å². The summed E-state index contributed by atoms with van der Waals surface area (Å²) in [5.74, 6) is -0.638. The van der Waals surface area contributed by atoms with E-state index < -0.39 is 11.8 Å². The van der Waals surface area contributed by atoms with E-state index in [0.29, 0.717) is 17.7 Å². The third kappa shape index (κ3) is 5.12. The van der Waals surface area contributed by atoms with Gasteiger partial charge in [-0.25, -0.2) is 18.6 Å². The van der Waals surface area contributed by atoms with E-state index in [4.69, 9.17) is 4.74 Å². The van der Waals surface area contributed by atoms with Gasteiger partial charge in [-0.05, 0) is 48.2 Å². The summed E-state index contributed by atoms with van der Waals surface area (Å²) in [4.78, 5) is 31.4. The number of fused-ring (bicyclic) bond motifs is 1. The molecule has 4 aromatic rings. The highest BCUT2D eigenvalue weighted by Gasteiger charge is 2.25. The van der Waals surface area contributed by atoms with Crippen LogP contribution in [0.25, 0.3) is 11.2 Å². The van der Waals surface area contributed by atoms with Gasteiger partial charge in [0.05, 0.1) is 12.4 Å². The first-order valence-electron chi connectivity index (χ1n) is 12.3. The molecule has 2 aromatic carbocycles. The molecular weight excluding hydrogens is 480 g/mol. The minimum Gasteiger partial charge on any atom is -0.365 e. The van der Waals surface area contributed by atoms with Crippen LogP contribution in [0.2, 0.25) is 0 Å². The van der Waals surface area contributed by atoms with E-state index in [1.807, 2.05) is 0 Å². The molecule has 2 aromatic heterocycles. The maximum Gasteiger partial charge on any atom is 0.332 e. The molecule has 1 aliphatic heterocycles. The predicted molar refractivity (Wildman–Crippen MR) is 135 cm³/mol.